The molecule has 26 heavy (non-hydrogen) atoms. The number of carbonyl (C=O) groups excluding carboxylic acids is 2. The molecule has 1 spiro atoms. The summed E-state index contributed by atoms with van der Waals surface area (Å²) >= 11 is 0. The van der Waals surface area contributed by atoms with Crippen molar-refractivity contribution in [3.8, 4) is 0 Å². The van der Waals surface area contributed by atoms with E-state index in [1.165, 1.54) is 24.8 Å². The third-order valence-corrected chi connectivity index (χ3v) is 6.32. The molecule has 4 nitrogen and oxygen atoms in total. The number of likely N-dealkylation sites (tertiary alicyclic amines) is 1. The van der Waals surface area contributed by atoms with E-state index in [0.717, 1.165) is 32.2 Å². The molecule has 2 aliphatic rings. The molecule has 0 N–H and O–H groups in total. The monoisotopic (exact) mass is 356 g/mol. The van der Waals surface area contributed by atoms with Crippen molar-refractivity contribution in [3.63, 3.8) is 0 Å². The molecule has 2 fully saturated rings. The second kappa shape index (κ2) is 8.24. The highest BCUT2D eigenvalue weighted by molar-refractivity contribution is 5.78. The molecule has 2 amide bonds. The fourth-order valence-corrected chi connectivity index (χ4v) is 5.05. The summed E-state index contributed by atoms with van der Waals surface area (Å²) in [4.78, 5) is 29.3. The zero-order valence-corrected chi connectivity index (χ0v) is 16.2. The number of benzene rings is 1. The number of hydrogen-bond acceptors (Lipinski definition) is 2. The molecule has 0 bridgehead atoms. The maximum atomic E-state index is 13.1. The average Bonchev–Trinajstić information content (AvgIpc) is 2.99. The SMILES string of the molecule is CCN(C(C)=O)[C@@H]1CN(C(=O)CCc2ccccc2)C2(CCCCC2)C1. The molecule has 1 saturated carbocycles. The zero-order valence-electron chi connectivity index (χ0n) is 16.2. The highest BCUT2D eigenvalue weighted by Gasteiger charge is 2.49. The molecule has 1 saturated heterocycles. The Morgan fingerprint density at radius 3 is 2.46 bits per heavy atom. The van der Waals surface area contributed by atoms with Gasteiger partial charge in [-0.15, -0.1) is 0 Å². The predicted octanol–water partition coefficient (Wildman–Crippen LogP) is 3.79. The lowest BCUT2D eigenvalue weighted by atomic mass is 9.79. The van der Waals surface area contributed by atoms with Gasteiger partial charge in [0.1, 0.15) is 0 Å². The Morgan fingerprint density at radius 1 is 1.15 bits per heavy atom. The minimum Gasteiger partial charge on any atom is -0.338 e. The first-order valence-electron chi connectivity index (χ1n) is 10.2. The number of rotatable bonds is 5. The van der Waals surface area contributed by atoms with Gasteiger partial charge in [-0.2, -0.15) is 0 Å². The molecule has 0 aromatic heterocycles. The van der Waals surface area contributed by atoms with Crippen molar-refractivity contribution in [2.75, 3.05) is 13.1 Å². The van der Waals surface area contributed by atoms with Crippen LogP contribution in [0.5, 0.6) is 0 Å². The molecule has 1 atom stereocenters. The Morgan fingerprint density at radius 2 is 1.85 bits per heavy atom. The largest absolute Gasteiger partial charge is 0.338 e. The minimum atomic E-state index is -0.0143. The third kappa shape index (κ3) is 3.94. The van der Waals surface area contributed by atoms with Gasteiger partial charge in [0.05, 0.1) is 6.04 Å². The van der Waals surface area contributed by atoms with E-state index in [2.05, 4.69) is 17.0 Å². The summed E-state index contributed by atoms with van der Waals surface area (Å²) < 4.78 is 0. The van der Waals surface area contributed by atoms with Gasteiger partial charge < -0.3 is 9.80 Å². The third-order valence-electron chi connectivity index (χ3n) is 6.32. The van der Waals surface area contributed by atoms with Crippen LogP contribution in [0.25, 0.3) is 0 Å². The van der Waals surface area contributed by atoms with Crippen LogP contribution in [0, 0.1) is 0 Å². The van der Waals surface area contributed by atoms with Crippen LogP contribution in [0.2, 0.25) is 0 Å². The van der Waals surface area contributed by atoms with Crippen LogP contribution in [0.15, 0.2) is 30.3 Å². The highest BCUT2D eigenvalue weighted by atomic mass is 16.2. The van der Waals surface area contributed by atoms with E-state index in [1.807, 2.05) is 30.0 Å². The summed E-state index contributed by atoms with van der Waals surface area (Å²) in [5.74, 6) is 0.389. The second-order valence-corrected chi connectivity index (χ2v) is 7.94. The van der Waals surface area contributed by atoms with Gasteiger partial charge in [0, 0.05) is 32.0 Å². The molecule has 1 aliphatic heterocycles. The van der Waals surface area contributed by atoms with E-state index < -0.39 is 0 Å². The number of likely N-dealkylation sites (N-methyl/N-ethyl adjacent to an activating group) is 1. The van der Waals surface area contributed by atoms with Gasteiger partial charge in [-0.1, -0.05) is 49.6 Å². The quantitative estimate of drug-likeness (QED) is 0.805. The molecule has 1 heterocycles. The number of aryl methyl sites for hydroxylation is 1. The molecular weight excluding hydrogens is 324 g/mol. The number of carbonyl (C=O) groups is 2. The van der Waals surface area contributed by atoms with E-state index in [4.69, 9.17) is 0 Å². The molecule has 4 heteroatoms. The fourth-order valence-electron chi connectivity index (χ4n) is 5.05. The maximum Gasteiger partial charge on any atom is 0.223 e. The first-order chi connectivity index (χ1) is 12.6. The van der Waals surface area contributed by atoms with Crippen molar-refractivity contribution < 1.29 is 9.59 Å². The standard InChI is InChI=1S/C22H32N2O2/c1-3-23(18(2)25)20-16-22(14-8-5-9-15-22)24(17-20)21(26)13-12-19-10-6-4-7-11-19/h4,6-7,10-11,20H,3,5,8-9,12-17H2,1-2H3/t20-/m0/s1. The average molecular weight is 357 g/mol. The second-order valence-electron chi connectivity index (χ2n) is 7.94. The van der Waals surface area contributed by atoms with Crippen LogP contribution in [0.4, 0.5) is 0 Å². The lowest BCUT2D eigenvalue weighted by molar-refractivity contribution is -0.137. The van der Waals surface area contributed by atoms with Gasteiger partial charge in [0.2, 0.25) is 11.8 Å². The summed E-state index contributed by atoms with van der Waals surface area (Å²) in [7, 11) is 0. The molecule has 1 aromatic rings. The van der Waals surface area contributed by atoms with Gasteiger partial charge in [0.15, 0.2) is 0 Å². The van der Waals surface area contributed by atoms with Crippen LogP contribution in [-0.2, 0) is 16.0 Å². The van der Waals surface area contributed by atoms with Gasteiger partial charge in [-0.05, 0) is 38.2 Å². The summed E-state index contributed by atoms with van der Waals surface area (Å²) in [5, 5.41) is 0. The van der Waals surface area contributed by atoms with E-state index in [0.29, 0.717) is 13.0 Å². The Bertz CT molecular complexity index is 622. The van der Waals surface area contributed by atoms with Crippen molar-refractivity contribution in [2.45, 2.75) is 76.8 Å². The number of nitrogens with zero attached hydrogens (tertiary/aromatic N) is 2. The van der Waals surface area contributed by atoms with Crippen molar-refractivity contribution in [2.24, 2.45) is 0 Å². The maximum absolute atomic E-state index is 13.1. The molecule has 142 valence electrons. The molecular formula is C22H32N2O2. The Kier molecular flexibility index (Phi) is 6.00. The Labute approximate surface area is 157 Å². The summed E-state index contributed by atoms with van der Waals surface area (Å²) in [6.45, 7) is 5.12. The van der Waals surface area contributed by atoms with Crippen molar-refractivity contribution in [3.05, 3.63) is 35.9 Å². The van der Waals surface area contributed by atoms with Crippen molar-refractivity contribution >= 4 is 11.8 Å². The van der Waals surface area contributed by atoms with Gasteiger partial charge in [-0.25, -0.2) is 0 Å². The molecule has 3 rings (SSSR count). The van der Waals surface area contributed by atoms with Crippen molar-refractivity contribution in [1.82, 2.24) is 9.80 Å². The lowest BCUT2D eigenvalue weighted by Crippen LogP contribution is -2.48. The predicted molar refractivity (Wildman–Crippen MR) is 104 cm³/mol. The smallest absolute Gasteiger partial charge is 0.223 e. The summed E-state index contributed by atoms with van der Waals surface area (Å²) in [6.07, 6.45) is 8.15. The molecule has 1 aromatic carbocycles. The topological polar surface area (TPSA) is 40.6 Å². The van der Waals surface area contributed by atoms with Crippen molar-refractivity contribution in [1.29, 1.82) is 0 Å². The minimum absolute atomic E-state index is 0.0143. The Hall–Kier alpha value is -1.84. The lowest BCUT2D eigenvalue weighted by Gasteiger charge is -2.41. The van der Waals surface area contributed by atoms with Crippen LogP contribution < -0.4 is 0 Å². The number of amides is 2. The summed E-state index contributed by atoms with van der Waals surface area (Å²) in [5.41, 5.74) is 1.20. The molecule has 1 aliphatic carbocycles. The first-order valence-corrected chi connectivity index (χ1v) is 10.2. The van der Waals surface area contributed by atoms with Crippen LogP contribution >= 0.6 is 0 Å². The fraction of sp³-hybridized carbons (Fsp3) is 0.636. The highest BCUT2D eigenvalue weighted by Crippen LogP contribution is 2.43. The summed E-state index contributed by atoms with van der Waals surface area (Å²) in [6, 6.07) is 10.4. The van der Waals surface area contributed by atoms with E-state index in [1.54, 1.807) is 6.92 Å². The first kappa shape index (κ1) is 18.9. The van der Waals surface area contributed by atoms with E-state index in [-0.39, 0.29) is 23.4 Å². The Balaban J connectivity index is 1.73. The van der Waals surface area contributed by atoms with Gasteiger partial charge >= 0.3 is 0 Å². The van der Waals surface area contributed by atoms with Gasteiger partial charge in [0.25, 0.3) is 0 Å². The van der Waals surface area contributed by atoms with Crippen LogP contribution in [0.3, 0.4) is 0 Å². The van der Waals surface area contributed by atoms with E-state index in [9.17, 15) is 9.59 Å². The van der Waals surface area contributed by atoms with Gasteiger partial charge in [-0.3, -0.25) is 9.59 Å². The van der Waals surface area contributed by atoms with Crippen LogP contribution in [0.1, 0.15) is 64.4 Å². The normalized spacial score (nSPS) is 21.8. The van der Waals surface area contributed by atoms with E-state index >= 15 is 0 Å². The molecule has 0 unspecified atom stereocenters. The number of hydrogen-bond donors (Lipinski definition) is 0. The molecule has 0 radical (unpaired) electrons. The zero-order chi connectivity index (χ0) is 18.6. The van der Waals surface area contributed by atoms with Crippen LogP contribution in [-0.4, -0.2) is 46.3 Å².